The molecule has 78 heavy (non-hydrogen) atoms. The Morgan fingerprint density at radius 2 is 1.24 bits per heavy atom. The van der Waals surface area contributed by atoms with Crippen LogP contribution in [-0.2, 0) is 57.6 Å². The molecule has 3 heterocycles. The monoisotopic (exact) mass is 1110 g/mol. The molecule has 2 fully saturated rings. The van der Waals surface area contributed by atoms with Gasteiger partial charge in [0.1, 0.15) is 48.3 Å². The van der Waals surface area contributed by atoms with Crippen LogP contribution >= 0.6 is 21.6 Å². The maximum absolute atomic E-state index is 14.7. The van der Waals surface area contributed by atoms with Gasteiger partial charge in [0, 0.05) is 79.8 Å². The summed E-state index contributed by atoms with van der Waals surface area (Å²) >= 11 is 0. The van der Waals surface area contributed by atoms with Crippen molar-refractivity contribution in [2.24, 2.45) is 27.2 Å². The van der Waals surface area contributed by atoms with E-state index in [0.29, 0.717) is 16.8 Å². The number of aromatic amines is 1. The molecule has 0 spiro atoms. The lowest BCUT2D eigenvalue weighted by atomic mass is 10.0. The Bertz CT molecular complexity index is 2880. The number of rotatable bonds is 16. The molecule has 2 aliphatic heterocycles. The minimum atomic E-state index is -1.54. The third kappa shape index (κ3) is 16.6. The van der Waals surface area contributed by atoms with Gasteiger partial charge in [0.2, 0.25) is 41.4 Å². The first kappa shape index (κ1) is 58.9. The van der Waals surface area contributed by atoms with Crippen molar-refractivity contribution in [3.05, 3.63) is 120 Å². The summed E-state index contributed by atoms with van der Waals surface area (Å²) in [6, 6.07) is 13.1. The fraction of sp³-hybridized carbons (Fsp3) is 0.365. The van der Waals surface area contributed by atoms with Crippen LogP contribution in [0.3, 0.4) is 0 Å². The number of guanidine groups is 1. The number of para-hydroxylation sites is 1. The van der Waals surface area contributed by atoms with Crippen molar-refractivity contribution in [1.29, 1.82) is 0 Å². The zero-order valence-corrected chi connectivity index (χ0v) is 44.6. The number of imide groups is 1. The number of H-pyrrole nitrogens is 1. The van der Waals surface area contributed by atoms with Gasteiger partial charge in [0.15, 0.2) is 5.96 Å². The van der Waals surface area contributed by atoms with Crippen molar-refractivity contribution < 1.29 is 43.2 Å². The van der Waals surface area contributed by atoms with Crippen molar-refractivity contribution in [3.63, 3.8) is 0 Å². The van der Waals surface area contributed by atoms with Crippen molar-refractivity contribution in [2.75, 3.05) is 25.1 Å². The van der Waals surface area contributed by atoms with Crippen molar-refractivity contribution in [1.82, 2.24) is 52.4 Å². The van der Waals surface area contributed by atoms with E-state index < -0.39 is 102 Å². The number of carbonyl (C=O) groups excluding carboxylic acids is 9. The number of aromatic nitrogens is 1. The molecule has 3 aromatic carbocycles. The average Bonchev–Trinajstić information content (AvgIpc) is 3.98. The van der Waals surface area contributed by atoms with E-state index in [1.54, 1.807) is 80.0 Å². The lowest BCUT2D eigenvalue weighted by Gasteiger charge is -2.28. The Morgan fingerprint density at radius 1 is 0.679 bits per heavy atom. The van der Waals surface area contributed by atoms with Gasteiger partial charge in [-0.2, -0.15) is 0 Å². The quantitative estimate of drug-likeness (QED) is 0.0221. The fourth-order valence-corrected chi connectivity index (χ4v) is 11.0. The van der Waals surface area contributed by atoms with E-state index in [4.69, 9.17) is 17.2 Å². The third-order valence-electron chi connectivity index (χ3n) is 12.8. The molecule has 0 radical (unpaired) electrons. The lowest BCUT2D eigenvalue weighted by molar-refractivity contribution is -0.137. The van der Waals surface area contributed by atoms with E-state index in [2.05, 4.69) is 64.2 Å². The van der Waals surface area contributed by atoms with Crippen LogP contribution in [0.5, 0.6) is 0 Å². The Labute approximate surface area is 457 Å². The summed E-state index contributed by atoms with van der Waals surface area (Å²) in [7, 11) is 3.53. The second-order valence-corrected chi connectivity index (χ2v) is 21.0. The van der Waals surface area contributed by atoms with Crippen LogP contribution in [0.15, 0.2) is 113 Å². The number of nitrogens with zero attached hydrogens (tertiary/aromatic N) is 3. The molecule has 26 heteroatoms. The lowest BCUT2D eigenvalue weighted by Crippen LogP contribution is -2.60. The van der Waals surface area contributed by atoms with Crippen LogP contribution in [0, 0.1) is 0 Å². The number of hydrogen-bond acceptors (Lipinski definition) is 14. The van der Waals surface area contributed by atoms with Crippen LogP contribution in [0.2, 0.25) is 0 Å². The molecule has 0 saturated carbocycles. The number of benzene rings is 3. The zero-order chi connectivity index (χ0) is 56.3. The van der Waals surface area contributed by atoms with Gasteiger partial charge in [-0.25, -0.2) is 9.69 Å². The Kier molecular flexibility index (Phi) is 21.6. The van der Waals surface area contributed by atoms with Crippen molar-refractivity contribution in [3.8, 4) is 0 Å². The number of fused-ring (bicyclic) bond motifs is 1. The van der Waals surface area contributed by atoms with Gasteiger partial charge in [-0.1, -0.05) is 100 Å². The topological polar surface area (TPSA) is 372 Å². The highest BCUT2D eigenvalue weighted by molar-refractivity contribution is 8.76. The molecule has 8 atom stereocenters. The SMILES string of the molecule is C=N/C=C(/C[C@@H]1NC(=O)[C@@H](C)NC(=O)[C@@H](N2C(=O)N[C@@H](Cc3ccccc3)C2=O)CSSC[C@@H](C(N)=O)NC(=O)[C@H](Cc2c[nH]c3ccccc23)NC(=O)[C@H](CCCN=C(N)N)NC(=O)[C@@H](Cc2ccccc2)NC1=O)NC. The van der Waals surface area contributed by atoms with E-state index >= 15 is 0 Å². The number of nitrogens with two attached hydrogens (primary N) is 3. The largest absolute Gasteiger partial charge is 0.390 e. The Morgan fingerprint density at radius 3 is 1.88 bits per heavy atom. The first-order valence-corrected chi connectivity index (χ1v) is 27.4. The number of aliphatic imine (C=N–C) groups is 2. The maximum atomic E-state index is 14.7. The van der Waals surface area contributed by atoms with E-state index in [0.717, 1.165) is 43.0 Å². The summed E-state index contributed by atoms with van der Waals surface area (Å²) in [6.07, 6.45) is 2.77. The highest BCUT2D eigenvalue weighted by atomic mass is 33.1. The number of nitrogens with one attached hydrogen (secondary N) is 9. The van der Waals surface area contributed by atoms with Gasteiger partial charge in [0.05, 0.1) is 0 Å². The molecule has 4 aromatic rings. The van der Waals surface area contributed by atoms with Crippen LogP contribution < -0.4 is 59.7 Å². The second-order valence-electron chi connectivity index (χ2n) is 18.4. The van der Waals surface area contributed by atoms with Crippen molar-refractivity contribution >= 4 is 98.5 Å². The first-order chi connectivity index (χ1) is 37.5. The Hall–Kier alpha value is -8.39. The van der Waals surface area contributed by atoms with E-state index in [-0.39, 0.29) is 62.5 Å². The van der Waals surface area contributed by atoms with Gasteiger partial charge in [0.25, 0.3) is 5.91 Å². The average molecular weight is 1110 g/mol. The Balaban J connectivity index is 1.40. The smallest absolute Gasteiger partial charge is 0.325 e. The molecular formula is C52H65N15O9S2. The molecule has 414 valence electrons. The number of urea groups is 1. The summed E-state index contributed by atoms with van der Waals surface area (Å²) in [6.45, 7) is 4.88. The summed E-state index contributed by atoms with van der Waals surface area (Å²) in [5.74, 6) is -7.42. The maximum Gasteiger partial charge on any atom is 0.325 e. The van der Waals surface area contributed by atoms with E-state index in [1.165, 1.54) is 13.1 Å². The van der Waals surface area contributed by atoms with Crippen LogP contribution in [0.25, 0.3) is 10.9 Å². The highest BCUT2D eigenvalue weighted by Crippen LogP contribution is 2.27. The predicted octanol–water partition coefficient (Wildman–Crippen LogP) is -0.501. The first-order valence-electron chi connectivity index (χ1n) is 25.0. The number of hydrogen-bond donors (Lipinski definition) is 12. The van der Waals surface area contributed by atoms with Gasteiger partial charge < -0.3 is 64.7 Å². The van der Waals surface area contributed by atoms with Crippen molar-refractivity contribution in [2.45, 2.75) is 93.8 Å². The standard InChI is InChI=1S/C52H65N15O9S2/c1-29-44(69)62-39(24-33(57-3)26-56-2)48(73)63-37(21-30-13-6-4-7-14-30)46(71)61-36(19-12-20-58-51(54)55)45(70)64-38(23-32-25-59-35-18-11-10-17-34(32)35)47(72)65-41(43(53)68)27-77-78-28-42(49(74)60-29)67-50(75)40(66-52(67)76)22-31-15-8-5-9-16-31/h4-11,13-18,25-26,29,36-42,57,59H,2,12,19-24,27-28H2,1,3H3,(H2,53,68)(H,60,74)(H,61,71)(H,62,69)(H,63,73)(H,64,70)(H,65,72)(H,66,76)(H4,54,55,58)/b33-26-/t29-,36+,37-,38+,39+,40+,41+,42+/m1/s1. The summed E-state index contributed by atoms with van der Waals surface area (Å²) in [5.41, 5.74) is 20.1. The van der Waals surface area contributed by atoms with E-state index in [9.17, 15) is 43.2 Å². The van der Waals surface area contributed by atoms with Crippen LogP contribution in [0.1, 0.15) is 42.9 Å². The van der Waals surface area contributed by atoms with Crippen LogP contribution in [0.4, 0.5) is 4.79 Å². The minimum Gasteiger partial charge on any atom is -0.390 e. The molecule has 0 aliphatic carbocycles. The van der Waals surface area contributed by atoms with Gasteiger partial charge in [-0.05, 0) is 49.2 Å². The fourth-order valence-electron chi connectivity index (χ4n) is 8.60. The third-order valence-corrected chi connectivity index (χ3v) is 15.2. The molecule has 1 aromatic heterocycles. The predicted molar refractivity (Wildman–Crippen MR) is 298 cm³/mol. The minimum absolute atomic E-state index is 0.0551. The molecule has 15 N–H and O–H groups in total. The van der Waals surface area contributed by atoms with Crippen LogP contribution in [-0.4, -0.2) is 149 Å². The normalized spacial score (nSPS) is 23.6. The van der Waals surface area contributed by atoms with E-state index in [1.807, 2.05) is 18.2 Å². The molecule has 6 rings (SSSR count). The molecule has 10 amide bonds. The number of primary amides is 1. The number of carbonyl (C=O) groups is 9. The van der Waals surface area contributed by atoms with Gasteiger partial charge >= 0.3 is 6.03 Å². The molecule has 0 unspecified atom stereocenters. The second kappa shape index (κ2) is 28.7. The molecule has 2 saturated heterocycles. The van der Waals surface area contributed by atoms with Gasteiger partial charge in [-0.15, -0.1) is 0 Å². The summed E-state index contributed by atoms with van der Waals surface area (Å²) < 4.78 is 0. The molecule has 2 aliphatic rings. The summed E-state index contributed by atoms with van der Waals surface area (Å²) in [5, 5.41) is 22.5. The molecule has 24 nitrogen and oxygen atoms in total. The zero-order valence-electron chi connectivity index (χ0n) is 43.0. The highest BCUT2D eigenvalue weighted by Gasteiger charge is 2.45. The van der Waals surface area contributed by atoms with Gasteiger partial charge in [-0.3, -0.25) is 48.3 Å². The number of amides is 10. The summed E-state index contributed by atoms with van der Waals surface area (Å²) in [4.78, 5) is 140. The molecular weight excluding hydrogens is 1040 g/mol. The molecule has 0 bridgehead atoms.